The Hall–Kier alpha value is -4.10. The second-order valence-electron chi connectivity index (χ2n) is 19.2. The molecule has 1 aliphatic rings. The summed E-state index contributed by atoms with van der Waals surface area (Å²) in [6, 6.07) is 0. The molecule has 12 nitrogen and oxygen atoms in total. The lowest BCUT2D eigenvalue weighted by Gasteiger charge is -2.40. The number of carbonyl (C=O) groups is 4. The van der Waals surface area contributed by atoms with E-state index in [-0.39, 0.29) is 25.9 Å². The quantitative estimate of drug-likeness (QED) is 0.0228. The van der Waals surface area contributed by atoms with E-state index in [1.54, 1.807) is 0 Å². The van der Waals surface area contributed by atoms with Crippen LogP contribution < -0.4 is 0 Å². The van der Waals surface area contributed by atoms with Crippen LogP contribution in [0.4, 0.5) is 0 Å². The Labute approximate surface area is 441 Å². The Kier molecular flexibility index (Phi) is 44.7. The number of esters is 3. The number of aliphatic hydroxyl groups excluding tert-OH is 2. The van der Waals surface area contributed by atoms with Gasteiger partial charge in [0, 0.05) is 19.3 Å². The van der Waals surface area contributed by atoms with E-state index in [1.807, 2.05) is 0 Å². The van der Waals surface area contributed by atoms with Crippen molar-refractivity contribution in [1.82, 2.24) is 0 Å². The van der Waals surface area contributed by atoms with Gasteiger partial charge < -0.3 is 39.0 Å². The van der Waals surface area contributed by atoms with Gasteiger partial charge in [0.2, 0.25) is 0 Å². The van der Waals surface area contributed by atoms with Crippen molar-refractivity contribution in [2.45, 2.75) is 263 Å². The minimum Gasteiger partial charge on any atom is -0.479 e. The molecule has 0 amide bonds. The first kappa shape index (κ1) is 66.9. The fraction of sp³-hybridized carbons (Fsp3) is 0.705. The first-order valence-corrected chi connectivity index (χ1v) is 28.6. The van der Waals surface area contributed by atoms with E-state index in [4.69, 9.17) is 23.7 Å². The molecule has 0 bridgehead atoms. The minimum absolute atomic E-state index is 0.0435. The van der Waals surface area contributed by atoms with Gasteiger partial charge in [-0.2, -0.15) is 0 Å². The van der Waals surface area contributed by atoms with E-state index in [0.29, 0.717) is 19.3 Å². The SMILES string of the molecule is CC/C=C\C/C=C\C/C=C\CCCCCCCC(=O)OCC(COC1OC(C(=O)O)C(O)C(O)C1OC(=O)CCCCCCC/C=C\CCCCCC)OC(=O)CCCCCCC/C=C\C/C=C\C/C=C\CC. The third kappa shape index (κ3) is 39.0. The summed E-state index contributed by atoms with van der Waals surface area (Å²) < 4.78 is 28.4. The summed E-state index contributed by atoms with van der Waals surface area (Å²) in [4.78, 5) is 51.0. The summed E-state index contributed by atoms with van der Waals surface area (Å²) >= 11 is 0. The summed E-state index contributed by atoms with van der Waals surface area (Å²) in [5, 5.41) is 31.4. The van der Waals surface area contributed by atoms with E-state index in [0.717, 1.165) is 141 Å². The van der Waals surface area contributed by atoms with Crippen LogP contribution in [0, 0.1) is 0 Å². The number of hydrogen-bond acceptors (Lipinski definition) is 11. The smallest absolute Gasteiger partial charge is 0.335 e. The number of hydrogen-bond donors (Lipinski definition) is 3. The van der Waals surface area contributed by atoms with E-state index < -0.39 is 67.3 Å². The molecule has 0 aromatic rings. The molecule has 0 saturated carbocycles. The van der Waals surface area contributed by atoms with Crippen molar-refractivity contribution in [3.8, 4) is 0 Å². The molecule has 6 atom stereocenters. The van der Waals surface area contributed by atoms with Gasteiger partial charge in [0.1, 0.15) is 18.8 Å². The van der Waals surface area contributed by atoms with Gasteiger partial charge in [0.15, 0.2) is 24.6 Å². The molecule has 73 heavy (non-hydrogen) atoms. The van der Waals surface area contributed by atoms with Gasteiger partial charge in [-0.1, -0.05) is 183 Å². The van der Waals surface area contributed by atoms with Crippen molar-refractivity contribution in [3.63, 3.8) is 0 Å². The monoisotopic (exact) mass is 1020 g/mol. The molecular weight excluding hydrogens is 925 g/mol. The highest BCUT2D eigenvalue weighted by atomic mass is 16.7. The Morgan fingerprint density at radius 2 is 0.863 bits per heavy atom. The third-order valence-electron chi connectivity index (χ3n) is 12.4. The standard InChI is InChI=1S/C61H100O12/c1-4-7-10-13-16-19-22-25-27-30-32-35-38-41-44-47-53(62)69-50-52(71-54(63)48-45-42-39-36-34-31-28-26-23-20-17-14-11-8-5-2)51-70-61-59(57(66)56(65)58(73-61)60(67)68)72-55(64)49-46-43-40-37-33-29-24-21-18-15-12-9-6-3/h7-8,10-11,16-17,19-21,24-28,52,56-59,61,65-66H,4-6,9,12-15,18,22-23,29-51H2,1-3H3,(H,67,68)/b10-7-,11-8-,19-16-,20-17-,24-21-,27-25-,28-26-. The highest BCUT2D eigenvalue weighted by molar-refractivity contribution is 5.74. The molecule has 0 radical (unpaired) electrons. The van der Waals surface area contributed by atoms with Crippen LogP contribution in [0.2, 0.25) is 0 Å². The van der Waals surface area contributed by atoms with Crippen LogP contribution in [0.3, 0.4) is 0 Å². The number of unbranched alkanes of at least 4 members (excludes halogenated alkanes) is 19. The molecule has 416 valence electrons. The lowest BCUT2D eigenvalue weighted by atomic mass is 9.98. The van der Waals surface area contributed by atoms with Crippen molar-refractivity contribution < 1.29 is 58.2 Å². The fourth-order valence-corrected chi connectivity index (χ4v) is 8.10. The molecular formula is C61H100O12. The second-order valence-corrected chi connectivity index (χ2v) is 19.2. The van der Waals surface area contributed by atoms with Crippen LogP contribution in [0.5, 0.6) is 0 Å². The minimum atomic E-state index is -1.91. The maximum Gasteiger partial charge on any atom is 0.335 e. The summed E-state index contributed by atoms with van der Waals surface area (Å²) in [7, 11) is 0. The van der Waals surface area contributed by atoms with E-state index in [2.05, 4.69) is 106 Å². The maximum absolute atomic E-state index is 13.1. The molecule has 0 aromatic heterocycles. The second kappa shape index (κ2) is 48.8. The van der Waals surface area contributed by atoms with Gasteiger partial charge in [0.05, 0.1) is 6.61 Å². The zero-order chi connectivity index (χ0) is 53.3. The molecule has 1 aliphatic heterocycles. The predicted molar refractivity (Wildman–Crippen MR) is 294 cm³/mol. The largest absolute Gasteiger partial charge is 0.479 e. The van der Waals surface area contributed by atoms with Crippen molar-refractivity contribution in [2.75, 3.05) is 13.2 Å². The van der Waals surface area contributed by atoms with Crippen molar-refractivity contribution >= 4 is 23.9 Å². The Morgan fingerprint density at radius 3 is 1.33 bits per heavy atom. The summed E-state index contributed by atoms with van der Waals surface area (Å²) in [5.41, 5.74) is 0. The van der Waals surface area contributed by atoms with Gasteiger partial charge in [-0.15, -0.1) is 0 Å². The van der Waals surface area contributed by atoms with Gasteiger partial charge in [-0.3, -0.25) is 14.4 Å². The molecule has 1 fully saturated rings. The van der Waals surface area contributed by atoms with Gasteiger partial charge in [0.25, 0.3) is 0 Å². The van der Waals surface area contributed by atoms with E-state index in [9.17, 15) is 34.5 Å². The zero-order valence-electron chi connectivity index (χ0n) is 45.6. The highest BCUT2D eigenvalue weighted by Gasteiger charge is 2.50. The molecule has 12 heteroatoms. The Bertz CT molecular complexity index is 1590. The van der Waals surface area contributed by atoms with Gasteiger partial charge in [-0.05, 0) is 109 Å². The lowest BCUT2D eigenvalue weighted by molar-refractivity contribution is -0.301. The number of allylic oxidation sites excluding steroid dienone is 14. The number of carbonyl (C=O) groups excluding carboxylic acids is 3. The highest BCUT2D eigenvalue weighted by Crippen LogP contribution is 2.26. The summed E-state index contributed by atoms with van der Waals surface area (Å²) in [5.74, 6) is -3.18. The number of carboxylic acid groups (broad SMARTS) is 1. The lowest BCUT2D eigenvalue weighted by Crippen LogP contribution is -2.61. The van der Waals surface area contributed by atoms with E-state index in [1.165, 1.54) is 25.7 Å². The molecule has 1 heterocycles. The van der Waals surface area contributed by atoms with Crippen molar-refractivity contribution in [2.24, 2.45) is 0 Å². The number of rotatable bonds is 47. The maximum atomic E-state index is 13.1. The summed E-state index contributed by atoms with van der Waals surface area (Å²) in [6.07, 6.45) is 49.8. The number of ether oxygens (including phenoxy) is 5. The molecule has 0 spiro atoms. The molecule has 1 rings (SSSR count). The van der Waals surface area contributed by atoms with Crippen molar-refractivity contribution in [1.29, 1.82) is 0 Å². The molecule has 3 N–H and O–H groups in total. The number of aliphatic hydroxyl groups is 2. The first-order chi connectivity index (χ1) is 35.6. The summed E-state index contributed by atoms with van der Waals surface area (Å²) in [6.45, 7) is 5.71. The first-order valence-electron chi connectivity index (χ1n) is 28.6. The molecule has 6 unspecified atom stereocenters. The van der Waals surface area contributed by atoms with Crippen LogP contribution in [0.1, 0.15) is 226 Å². The van der Waals surface area contributed by atoms with Crippen LogP contribution in [-0.4, -0.2) is 89.2 Å². The zero-order valence-corrected chi connectivity index (χ0v) is 45.6. The van der Waals surface area contributed by atoms with Crippen molar-refractivity contribution in [3.05, 3.63) is 85.1 Å². The topological polar surface area (TPSA) is 175 Å². The van der Waals surface area contributed by atoms with Crippen LogP contribution in [0.25, 0.3) is 0 Å². The van der Waals surface area contributed by atoms with Crippen LogP contribution >= 0.6 is 0 Å². The fourth-order valence-electron chi connectivity index (χ4n) is 8.10. The number of carboxylic acids is 1. The average molecular weight is 1030 g/mol. The van der Waals surface area contributed by atoms with Gasteiger partial charge >= 0.3 is 23.9 Å². The van der Waals surface area contributed by atoms with E-state index >= 15 is 0 Å². The van der Waals surface area contributed by atoms with Gasteiger partial charge in [-0.25, -0.2) is 4.79 Å². The normalized spacial score (nSPS) is 18.9. The van der Waals surface area contributed by atoms with Crippen LogP contribution in [-0.2, 0) is 42.9 Å². The number of aliphatic carboxylic acids is 1. The predicted octanol–water partition coefficient (Wildman–Crippen LogP) is 14.3. The third-order valence-corrected chi connectivity index (χ3v) is 12.4. The van der Waals surface area contributed by atoms with Crippen LogP contribution in [0.15, 0.2) is 85.1 Å². The molecule has 1 saturated heterocycles. The average Bonchev–Trinajstić information content (AvgIpc) is 3.37. The Morgan fingerprint density at radius 1 is 0.466 bits per heavy atom. The molecule has 0 aliphatic carbocycles. The Balaban J connectivity index is 2.74. The molecule has 0 aromatic carbocycles.